The molecule has 6 heteroatoms. The van der Waals surface area contributed by atoms with E-state index in [0.717, 1.165) is 18.3 Å². The van der Waals surface area contributed by atoms with Gasteiger partial charge in [0.1, 0.15) is 11.6 Å². The predicted octanol–water partition coefficient (Wildman–Crippen LogP) is 2.19. The maximum atomic E-state index is 13.4. The molecular formula is C12H9F2N3O. The van der Waals surface area contributed by atoms with Gasteiger partial charge in [0.05, 0.1) is 23.6 Å². The molecule has 0 radical (unpaired) electrons. The van der Waals surface area contributed by atoms with Gasteiger partial charge in [0.15, 0.2) is 0 Å². The van der Waals surface area contributed by atoms with Crippen LogP contribution < -0.4 is 11.1 Å². The van der Waals surface area contributed by atoms with Gasteiger partial charge in [-0.15, -0.1) is 0 Å². The molecule has 0 saturated heterocycles. The van der Waals surface area contributed by atoms with Crippen molar-refractivity contribution in [1.29, 1.82) is 0 Å². The number of nitrogens with two attached hydrogens (primary N) is 1. The van der Waals surface area contributed by atoms with Crippen LogP contribution in [0, 0.1) is 11.6 Å². The fourth-order valence-electron chi connectivity index (χ4n) is 1.40. The maximum absolute atomic E-state index is 13.4. The molecule has 0 unspecified atom stereocenters. The second-order valence-corrected chi connectivity index (χ2v) is 3.59. The third-order valence-corrected chi connectivity index (χ3v) is 2.20. The first-order valence-corrected chi connectivity index (χ1v) is 5.03. The lowest BCUT2D eigenvalue weighted by atomic mass is 10.1. The number of nitrogens with one attached hydrogen (secondary N) is 1. The van der Waals surface area contributed by atoms with Crippen molar-refractivity contribution in [2.24, 2.45) is 0 Å². The third-order valence-electron chi connectivity index (χ3n) is 2.20. The summed E-state index contributed by atoms with van der Waals surface area (Å²) < 4.78 is 26.3. The van der Waals surface area contributed by atoms with Gasteiger partial charge in [-0.2, -0.15) is 0 Å². The normalized spacial score (nSPS) is 10.1. The van der Waals surface area contributed by atoms with Crippen LogP contribution in [-0.2, 0) is 0 Å². The van der Waals surface area contributed by atoms with Gasteiger partial charge in [-0.1, -0.05) is 0 Å². The Bertz CT molecular complexity index is 602. The topological polar surface area (TPSA) is 68.0 Å². The van der Waals surface area contributed by atoms with Crippen LogP contribution in [0.3, 0.4) is 0 Å². The second-order valence-electron chi connectivity index (χ2n) is 3.59. The Morgan fingerprint density at radius 3 is 2.72 bits per heavy atom. The van der Waals surface area contributed by atoms with E-state index < -0.39 is 17.5 Å². The molecule has 3 N–H and O–H groups in total. The number of amides is 1. The van der Waals surface area contributed by atoms with Gasteiger partial charge >= 0.3 is 0 Å². The summed E-state index contributed by atoms with van der Waals surface area (Å²) in [5.41, 5.74) is 5.66. The van der Waals surface area contributed by atoms with Gasteiger partial charge in [0, 0.05) is 11.8 Å². The number of pyridine rings is 1. The molecule has 0 spiro atoms. The first-order chi connectivity index (χ1) is 8.56. The summed E-state index contributed by atoms with van der Waals surface area (Å²) in [6.45, 7) is 0. The zero-order chi connectivity index (χ0) is 13.1. The van der Waals surface area contributed by atoms with E-state index >= 15 is 0 Å². The Balaban J connectivity index is 2.24. The van der Waals surface area contributed by atoms with E-state index in [0.29, 0.717) is 0 Å². The van der Waals surface area contributed by atoms with Gasteiger partial charge < -0.3 is 11.1 Å². The molecular weight excluding hydrogens is 240 g/mol. The minimum atomic E-state index is -0.716. The van der Waals surface area contributed by atoms with Crippen LogP contribution in [-0.4, -0.2) is 10.9 Å². The average Bonchev–Trinajstić information content (AvgIpc) is 2.32. The Morgan fingerprint density at radius 1 is 1.22 bits per heavy atom. The van der Waals surface area contributed by atoms with E-state index in [-0.39, 0.29) is 16.9 Å². The number of nitrogens with zero attached hydrogens (tertiary/aromatic N) is 1. The zero-order valence-electron chi connectivity index (χ0n) is 9.15. The summed E-state index contributed by atoms with van der Waals surface area (Å²) in [7, 11) is 0. The highest BCUT2D eigenvalue weighted by Gasteiger charge is 2.12. The van der Waals surface area contributed by atoms with E-state index in [1.165, 1.54) is 18.3 Å². The molecule has 0 saturated carbocycles. The van der Waals surface area contributed by atoms with Crippen molar-refractivity contribution in [3.05, 3.63) is 53.9 Å². The molecule has 2 aromatic rings. The highest BCUT2D eigenvalue weighted by Crippen LogP contribution is 2.15. The van der Waals surface area contributed by atoms with Crippen LogP contribution >= 0.6 is 0 Å². The smallest absolute Gasteiger partial charge is 0.258 e. The molecule has 2 rings (SSSR count). The average molecular weight is 249 g/mol. The lowest BCUT2D eigenvalue weighted by Gasteiger charge is -2.06. The van der Waals surface area contributed by atoms with Crippen LogP contribution in [0.1, 0.15) is 10.4 Å². The second kappa shape index (κ2) is 4.79. The van der Waals surface area contributed by atoms with Crippen molar-refractivity contribution < 1.29 is 13.6 Å². The van der Waals surface area contributed by atoms with Crippen molar-refractivity contribution in [3.63, 3.8) is 0 Å². The standard InChI is InChI=1S/C12H9F2N3O/c13-7-3-9(6-16-5-7)17-12(18)10-4-8(15)1-2-11(10)14/h1-6H,15H2,(H,17,18). The molecule has 1 amide bonds. The van der Waals surface area contributed by atoms with E-state index in [1.54, 1.807) is 0 Å². The molecule has 0 aliphatic carbocycles. The number of aromatic nitrogens is 1. The summed E-state index contributed by atoms with van der Waals surface area (Å²) in [5, 5.41) is 2.33. The lowest BCUT2D eigenvalue weighted by molar-refractivity contribution is 0.102. The first-order valence-electron chi connectivity index (χ1n) is 5.03. The highest BCUT2D eigenvalue weighted by molar-refractivity contribution is 6.04. The number of halogens is 2. The zero-order valence-corrected chi connectivity index (χ0v) is 9.15. The van der Waals surface area contributed by atoms with Crippen LogP contribution in [0.15, 0.2) is 36.7 Å². The fourth-order valence-corrected chi connectivity index (χ4v) is 1.40. The number of hydrogen-bond donors (Lipinski definition) is 2. The molecule has 18 heavy (non-hydrogen) atoms. The molecule has 0 bridgehead atoms. The maximum Gasteiger partial charge on any atom is 0.258 e. The van der Waals surface area contributed by atoms with Gasteiger partial charge in [0.25, 0.3) is 5.91 Å². The molecule has 0 aliphatic rings. The Morgan fingerprint density at radius 2 is 2.00 bits per heavy atom. The molecule has 1 heterocycles. The van der Waals surface area contributed by atoms with E-state index in [2.05, 4.69) is 10.3 Å². The van der Waals surface area contributed by atoms with Crippen molar-refractivity contribution in [1.82, 2.24) is 4.98 Å². The SMILES string of the molecule is Nc1ccc(F)c(C(=O)Nc2cncc(F)c2)c1. The lowest BCUT2D eigenvalue weighted by Crippen LogP contribution is -2.14. The van der Waals surface area contributed by atoms with E-state index in [9.17, 15) is 13.6 Å². The first kappa shape index (κ1) is 12.0. The summed E-state index contributed by atoms with van der Waals surface area (Å²) in [5.74, 6) is -2.01. The van der Waals surface area contributed by atoms with Crippen molar-refractivity contribution in [2.75, 3.05) is 11.1 Å². The van der Waals surface area contributed by atoms with E-state index in [4.69, 9.17) is 5.73 Å². The van der Waals surface area contributed by atoms with Crippen LogP contribution in [0.25, 0.3) is 0 Å². The van der Waals surface area contributed by atoms with Gasteiger partial charge in [-0.25, -0.2) is 8.78 Å². The number of rotatable bonds is 2. The Hall–Kier alpha value is -2.50. The molecule has 92 valence electrons. The molecule has 1 aromatic carbocycles. The van der Waals surface area contributed by atoms with Crippen LogP contribution in [0.2, 0.25) is 0 Å². The predicted molar refractivity (Wildman–Crippen MR) is 63.0 cm³/mol. The number of benzene rings is 1. The largest absolute Gasteiger partial charge is 0.399 e. The minimum Gasteiger partial charge on any atom is -0.399 e. The van der Waals surface area contributed by atoms with Gasteiger partial charge in [-0.05, 0) is 18.2 Å². The van der Waals surface area contributed by atoms with Crippen molar-refractivity contribution in [2.45, 2.75) is 0 Å². The number of anilines is 2. The molecule has 0 atom stereocenters. The Kier molecular flexibility index (Phi) is 3.18. The quantitative estimate of drug-likeness (QED) is 0.801. The number of nitrogen functional groups attached to an aromatic ring is 1. The number of carbonyl (C=O) groups excluding carboxylic acids is 1. The van der Waals surface area contributed by atoms with Gasteiger partial charge in [0.2, 0.25) is 0 Å². The van der Waals surface area contributed by atoms with Crippen molar-refractivity contribution >= 4 is 17.3 Å². The van der Waals surface area contributed by atoms with Crippen LogP contribution in [0.5, 0.6) is 0 Å². The third kappa shape index (κ3) is 2.60. The minimum absolute atomic E-state index is 0.141. The fraction of sp³-hybridized carbons (Fsp3) is 0. The summed E-state index contributed by atoms with van der Waals surface area (Å²) >= 11 is 0. The Labute approximate surface area is 101 Å². The van der Waals surface area contributed by atoms with Crippen LogP contribution in [0.4, 0.5) is 20.2 Å². The van der Waals surface area contributed by atoms with Gasteiger partial charge in [-0.3, -0.25) is 9.78 Å². The number of carbonyl (C=O) groups is 1. The molecule has 4 nitrogen and oxygen atoms in total. The molecule has 0 fully saturated rings. The van der Waals surface area contributed by atoms with E-state index in [1.807, 2.05) is 0 Å². The summed E-state index contributed by atoms with van der Waals surface area (Å²) in [4.78, 5) is 15.3. The molecule has 1 aromatic heterocycles. The number of hydrogen-bond acceptors (Lipinski definition) is 3. The van der Waals surface area contributed by atoms with Crippen molar-refractivity contribution in [3.8, 4) is 0 Å². The summed E-state index contributed by atoms with van der Waals surface area (Å²) in [6.07, 6.45) is 2.25. The molecule has 0 aliphatic heterocycles. The monoisotopic (exact) mass is 249 g/mol. The highest BCUT2D eigenvalue weighted by atomic mass is 19.1. The summed E-state index contributed by atoms with van der Waals surface area (Å²) in [6, 6.07) is 4.72.